The molecule has 0 saturated heterocycles. The Kier molecular flexibility index (Phi) is 6.54. The smallest absolute Gasteiger partial charge is 0.328 e. The molecule has 0 spiro atoms. The summed E-state index contributed by atoms with van der Waals surface area (Å²) in [4.78, 5) is 34.3. The molecule has 0 radical (unpaired) electrons. The number of nitrogens with zero attached hydrogens (tertiary/aromatic N) is 1. The van der Waals surface area contributed by atoms with Crippen LogP contribution in [0, 0.1) is 10.1 Å². The third-order valence-corrected chi connectivity index (χ3v) is 4.15. The van der Waals surface area contributed by atoms with Crippen LogP contribution in [0.5, 0.6) is 0 Å². The van der Waals surface area contributed by atoms with Gasteiger partial charge >= 0.3 is 5.97 Å². The molecule has 2 rings (SSSR count). The van der Waals surface area contributed by atoms with E-state index in [0.29, 0.717) is 15.6 Å². The van der Waals surface area contributed by atoms with E-state index < -0.39 is 22.8 Å². The number of nitrogens with one attached hydrogen (secondary N) is 1. The molecule has 2 aromatic rings. The lowest BCUT2D eigenvalue weighted by molar-refractivity contribution is -0.384. The van der Waals surface area contributed by atoms with Gasteiger partial charge in [0.25, 0.3) is 11.6 Å². The van der Waals surface area contributed by atoms with Crippen LogP contribution in [0.2, 0.25) is 10.0 Å². The monoisotopic (exact) mass is 396 g/mol. The number of halogens is 2. The van der Waals surface area contributed by atoms with Gasteiger partial charge < -0.3 is 10.1 Å². The number of esters is 1. The van der Waals surface area contributed by atoms with Crippen LogP contribution >= 0.6 is 23.2 Å². The van der Waals surface area contributed by atoms with Crippen molar-refractivity contribution >= 4 is 40.8 Å². The molecule has 1 amide bonds. The van der Waals surface area contributed by atoms with Gasteiger partial charge in [-0.1, -0.05) is 35.3 Å². The highest BCUT2D eigenvalue weighted by Gasteiger charge is 2.20. The largest absolute Gasteiger partial charge is 0.459 e. The van der Waals surface area contributed by atoms with Crippen molar-refractivity contribution in [2.75, 3.05) is 0 Å². The summed E-state index contributed by atoms with van der Waals surface area (Å²) in [6, 6.07) is 9.10. The van der Waals surface area contributed by atoms with Gasteiger partial charge in [0, 0.05) is 33.3 Å². The fourth-order valence-electron chi connectivity index (χ4n) is 2.04. The lowest BCUT2D eigenvalue weighted by Crippen LogP contribution is -2.39. The van der Waals surface area contributed by atoms with Crippen LogP contribution in [0.15, 0.2) is 42.5 Å². The highest BCUT2D eigenvalue weighted by Crippen LogP contribution is 2.25. The molecule has 9 heteroatoms. The molecule has 1 N–H and O–H groups in total. The van der Waals surface area contributed by atoms with E-state index in [9.17, 15) is 19.7 Å². The fraction of sp³-hybridized carbons (Fsp3) is 0.176. The molecule has 0 unspecified atom stereocenters. The first kappa shape index (κ1) is 19.7. The maximum Gasteiger partial charge on any atom is 0.328 e. The molecule has 0 aliphatic carbocycles. The van der Waals surface area contributed by atoms with Crippen LogP contribution < -0.4 is 5.32 Å². The minimum Gasteiger partial charge on any atom is -0.459 e. The fourth-order valence-corrected chi connectivity index (χ4v) is 2.54. The number of hydrogen-bond donors (Lipinski definition) is 1. The van der Waals surface area contributed by atoms with Crippen molar-refractivity contribution < 1.29 is 19.2 Å². The molecule has 0 heterocycles. The molecule has 26 heavy (non-hydrogen) atoms. The maximum absolute atomic E-state index is 12.1. The molecule has 0 fully saturated rings. The third-order valence-electron chi connectivity index (χ3n) is 3.44. The number of amides is 1. The molecular formula is C17H14Cl2N2O5. The zero-order valence-corrected chi connectivity index (χ0v) is 15.1. The minimum atomic E-state index is -0.969. The number of benzene rings is 2. The van der Waals surface area contributed by atoms with E-state index >= 15 is 0 Å². The molecule has 136 valence electrons. The molecule has 2 aromatic carbocycles. The number of rotatable bonds is 6. The summed E-state index contributed by atoms with van der Waals surface area (Å²) in [6.07, 6.45) is 0. The van der Waals surface area contributed by atoms with E-state index in [1.54, 1.807) is 18.2 Å². The Labute approximate surface area is 159 Å². The zero-order valence-electron chi connectivity index (χ0n) is 13.6. The van der Waals surface area contributed by atoms with Gasteiger partial charge in [0.05, 0.1) is 4.92 Å². The second-order valence-corrected chi connectivity index (χ2v) is 6.12. The van der Waals surface area contributed by atoms with Gasteiger partial charge in [0.1, 0.15) is 12.6 Å². The summed E-state index contributed by atoms with van der Waals surface area (Å²) in [5.41, 5.74) is 0.302. The van der Waals surface area contributed by atoms with Gasteiger partial charge in [-0.05, 0) is 25.1 Å². The standard InChI is InChI=1S/C17H14Cl2N2O5/c1-10(17(23)26-9-13-14(18)6-3-7-15(13)19)20-16(22)11-4-2-5-12(8-11)21(24)25/h2-8,10H,9H2,1H3,(H,20,22)/t10-/m0/s1. The van der Waals surface area contributed by atoms with E-state index in [-0.39, 0.29) is 17.9 Å². The van der Waals surface area contributed by atoms with E-state index in [1.807, 2.05) is 0 Å². The van der Waals surface area contributed by atoms with E-state index in [4.69, 9.17) is 27.9 Å². The number of ether oxygens (including phenoxy) is 1. The van der Waals surface area contributed by atoms with E-state index in [2.05, 4.69) is 5.32 Å². The third kappa shape index (κ3) is 4.93. The Morgan fingerprint density at radius 3 is 2.42 bits per heavy atom. The second kappa shape index (κ2) is 8.64. The van der Waals surface area contributed by atoms with Crippen LogP contribution in [0.3, 0.4) is 0 Å². The Bertz CT molecular complexity index is 837. The van der Waals surface area contributed by atoms with E-state index in [1.165, 1.54) is 25.1 Å². The Hall–Kier alpha value is -2.64. The van der Waals surface area contributed by atoms with E-state index in [0.717, 1.165) is 6.07 Å². The Morgan fingerprint density at radius 2 is 1.81 bits per heavy atom. The van der Waals surface area contributed by atoms with Gasteiger partial charge in [-0.15, -0.1) is 0 Å². The number of carbonyl (C=O) groups is 2. The predicted molar refractivity (Wildman–Crippen MR) is 96.3 cm³/mol. The van der Waals surface area contributed by atoms with Gasteiger partial charge in [0.15, 0.2) is 0 Å². The quantitative estimate of drug-likeness (QED) is 0.455. The van der Waals surface area contributed by atoms with Crippen molar-refractivity contribution in [1.29, 1.82) is 0 Å². The first-order valence-electron chi connectivity index (χ1n) is 7.44. The average molecular weight is 397 g/mol. The number of nitro benzene ring substituents is 1. The summed E-state index contributed by atoms with van der Waals surface area (Å²) < 4.78 is 5.12. The molecular weight excluding hydrogens is 383 g/mol. The highest BCUT2D eigenvalue weighted by molar-refractivity contribution is 6.35. The minimum absolute atomic E-state index is 0.0630. The first-order valence-corrected chi connectivity index (χ1v) is 8.20. The maximum atomic E-state index is 12.1. The molecule has 1 atom stereocenters. The molecule has 7 nitrogen and oxygen atoms in total. The lowest BCUT2D eigenvalue weighted by atomic mass is 10.2. The van der Waals surface area contributed by atoms with Crippen molar-refractivity contribution in [2.45, 2.75) is 19.6 Å². The van der Waals surface area contributed by atoms with Crippen molar-refractivity contribution in [3.63, 3.8) is 0 Å². The number of carbonyl (C=O) groups excluding carboxylic acids is 2. The van der Waals surface area contributed by atoms with Gasteiger partial charge in [0.2, 0.25) is 0 Å². The van der Waals surface area contributed by atoms with Crippen LogP contribution in [0.25, 0.3) is 0 Å². The summed E-state index contributed by atoms with van der Waals surface area (Å²) in [7, 11) is 0. The molecule has 0 aliphatic rings. The Balaban J connectivity index is 1.97. The summed E-state index contributed by atoms with van der Waals surface area (Å²) >= 11 is 12.0. The van der Waals surface area contributed by atoms with Crippen LogP contribution in [-0.2, 0) is 16.1 Å². The lowest BCUT2D eigenvalue weighted by Gasteiger charge is -2.14. The number of hydrogen-bond acceptors (Lipinski definition) is 5. The molecule has 0 aliphatic heterocycles. The van der Waals surface area contributed by atoms with Crippen molar-refractivity contribution in [3.05, 3.63) is 73.8 Å². The number of nitro groups is 1. The van der Waals surface area contributed by atoms with Gasteiger partial charge in [-0.2, -0.15) is 0 Å². The van der Waals surface area contributed by atoms with Crippen molar-refractivity contribution in [3.8, 4) is 0 Å². The van der Waals surface area contributed by atoms with Crippen LogP contribution in [0.4, 0.5) is 5.69 Å². The van der Waals surface area contributed by atoms with Crippen molar-refractivity contribution in [1.82, 2.24) is 5.32 Å². The topological polar surface area (TPSA) is 98.5 Å². The normalized spacial score (nSPS) is 11.5. The Morgan fingerprint density at radius 1 is 1.19 bits per heavy atom. The molecule has 0 aromatic heterocycles. The zero-order chi connectivity index (χ0) is 19.3. The van der Waals surface area contributed by atoms with Crippen LogP contribution in [-0.4, -0.2) is 22.8 Å². The SMILES string of the molecule is C[C@H](NC(=O)c1cccc([N+](=O)[O-])c1)C(=O)OCc1c(Cl)cccc1Cl. The highest BCUT2D eigenvalue weighted by atomic mass is 35.5. The summed E-state index contributed by atoms with van der Waals surface area (Å²) in [6.45, 7) is 1.29. The van der Waals surface area contributed by atoms with Gasteiger partial charge in [-0.3, -0.25) is 14.9 Å². The first-order chi connectivity index (χ1) is 12.3. The molecule has 0 saturated carbocycles. The van der Waals surface area contributed by atoms with Crippen LogP contribution in [0.1, 0.15) is 22.8 Å². The average Bonchev–Trinajstić information content (AvgIpc) is 2.61. The van der Waals surface area contributed by atoms with Gasteiger partial charge in [-0.25, -0.2) is 4.79 Å². The second-order valence-electron chi connectivity index (χ2n) is 5.31. The summed E-state index contributed by atoms with van der Waals surface area (Å²) in [5, 5.41) is 13.9. The van der Waals surface area contributed by atoms with Crippen molar-refractivity contribution in [2.24, 2.45) is 0 Å². The molecule has 0 bridgehead atoms. The number of non-ortho nitro benzene ring substituents is 1. The summed E-state index contributed by atoms with van der Waals surface area (Å²) in [5.74, 6) is -1.33. The predicted octanol–water partition coefficient (Wildman–Crippen LogP) is 3.76.